The molecule has 1 heterocycles. The van der Waals surface area contributed by atoms with Gasteiger partial charge in [0.1, 0.15) is 0 Å². The summed E-state index contributed by atoms with van der Waals surface area (Å²) < 4.78 is 0. The molecule has 0 bridgehead atoms. The summed E-state index contributed by atoms with van der Waals surface area (Å²) in [5.41, 5.74) is 4.85. The predicted octanol–water partition coefficient (Wildman–Crippen LogP) is 6.66. The molecule has 28 heavy (non-hydrogen) atoms. The van der Waals surface area contributed by atoms with Crippen molar-refractivity contribution in [2.75, 3.05) is 4.90 Å². The van der Waals surface area contributed by atoms with E-state index in [4.69, 9.17) is 0 Å². The topological polar surface area (TPSA) is 20.3 Å². The lowest BCUT2D eigenvalue weighted by atomic mass is 9.87. The van der Waals surface area contributed by atoms with Crippen LogP contribution < -0.4 is 4.90 Å². The van der Waals surface area contributed by atoms with Crippen LogP contribution in [0.2, 0.25) is 0 Å². The largest absolute Gasteiger partial charge is 0.307 e. The summed E-state index contributed by atoms with van der Waals surface area (Å²) in [5.74, 6) is 0.464. The molecular formula is C25H27NOS. The van der Waals surface area contributed by atoms with Gasteiger partial charge in [0.05, 0.1) is 12.2 Å². The van der Waals surface area contributed by atoms with Gasteiger partial charge < -0.3 is 4.90 Å². The molecule has 1 aromatic heterocycles. The quantitative estimate of drug-likeness (QED) is 0.478. The first-order valence-corrected chi connectivity index (χ1v) is 10.8. The van der Waals surface area contributed by atoms with Crippen molar-refractivity contribution >= 4 is 22.9 Å². The second-order valence-electron chi connectivity index (χ2n) is 8.68. The van der Waals surface area contributed by atoms with E-state index in [1.807, 2.05) is 11.0 Å². The molecule has 1 fully saturated rings. The highest BCUT2D eigenvalue weighted by atomic mass is 32.1. The molecule has 0 aliphatic heterocycles. The summed E-state index contributed by atoms with van der Waals surface area (Å²) in [6.07, 6.45) is 2.04. The summed E-state index contributed by atoms with van der Waals surface area (Å²) in [6, 6.07) is 21.2. The first-order valence-electron chi connectivity index (χ1n) is 9.96. The fourth-order valence-corrected chi connectivity index (χ4v) is 4.27. The standard InChI is InChI=1S/C25H27NOS/c1-25(2,3)21-13-9-18(10-14-21)16-26(24(27)20-11-12-20)22-15-23(28-17-22)19-7-5-4-6-8-19/h4-10,13-15,17,20H,11-12,16H2,1-3H3. The molecule has 0 saturated heterocycles. The zero-order chi connectivity index (χ0) is 19.7. The van der Waals surface area contributed by atoms with Crippen molar-refractivity contribution in [3.8, 4) is 10.4 Å². The van der Waals surface area contributed by atoms with Crippen LogP contribution in [0.5, 0.6) is 0 Å². The van der Waals surface area contributed by atoms with Crippen LogP contribution >= 0.6 is 11.3 Å². The lowest BCUT2D eigenvalue weighted by molar-refractivity contribution is -0.119. The van der Waals surface area contributed by atoms with Gasteiger partial charge in [0.25, 0.3) is 0 Å². The van der Waals surface area contributed by atoms with Gasteiger partial charge in [-0.25, -0.2) is 0 Å². The van der Waals surface area contributed by atoms with Crippen molar-refractivity contribution in [1.82, 2.24) is 0 Å². The molecule has 0 unspecified atom stereocenters. The van der Waals surface area contributed by atoms with E-state index in [0.717, 1.165) is 18.5 Å². The number of carbonyl (C=O) groups excluding carboxylic acids is 1. The Balaban J connectivity index is 1.60. The molecule has 0 N–H and O–H groups in total. The molecule has 4 rings (SSSR count). The first-order chi connectivity index (χ1) is 13.4. The van der Waals surface area contributed by atoms with E-state index in [1.165, 1.54) is 21.6 Å². The molecule has 1 saturated carbocycles. The second kappa shape index (κ2) is 7.56. The summed E-state index contributed by atoms with van der Waals surface area (Å²) >= 11 is 1.70. The lowest BCUT2D eigenvalue weighted by Crippen LogP contribution is -2.31. The molecule has 2 nitrogen and oxygen atoms in total. The molecule has 2 aromatic carbocycles. The van der Waals surface area contributed by atoms with E-state index in [9.17, 15) is 4.79 Å². The molecule has 1 aliphatic rings. The van der Waals surface area contributed by atoms with E-state index in [0.29, 0.717) is 6.54 Å². The number of hydrogen-bond donors (Lipinski definition) is 0. The van der Waals surface area contributed by atoms with Gasteiger partial charge in [0.2, 0.25) is 5.91 Å². The van der Waals surface area contributed by atoms with E-state index < -0.39 is 0 Å². The van der Waals surface area contributed by atoms with Crippen molar-refractivity contribution < 1.29 is 4.79 Å². The Hall–Kier alpha value is -2.39. The molecule has 144 valence electrons. The van der Waals surface area contributed by atoms with Crippen molar-refractivity contribution in [3.05, 3.63) is 77.2 Å². The third-order valence-corrected chi connectivity index (χ3v) is 6.28. The Morgan fingerprint density at radius 1 is 1.04 bits per heavy atom. The number of carbonyl (C=O) groups is 1. The van der Waals surface area contributed by atoms with Gasteiger partial charge in [-0.05, 0) is 41.0 Å². The zero-order valence-corrected chi connectivity index (χ0v) is 17.6. The van der Waals surface area contributed by atoms with Crippen LogP contribution in [-0.4, -0.2) is 5.91 Å². The summed E-state index contributed by atoms with van der Waals surface area (Å²) in [4.78, 5) is 16.2. The van der Waals surface area contributed by atoms with Gasteiger partial charge in [0.15, 0.2) is 0 Å². The molecular weight excluding hydrogens is 362 g/mol. The van der Waals surface area contributed by atoms with Crippen LogP contribution in [0.1, 0.15) is 44.7 Å². The van der Waals surface area contributed by atoms with Gasteiger partial charge >= 0.3 is 0 Å². The highest BCUT2D eigenvalue weighted by molar-refractivity contribution is 7.14. The number of nitrogens with zero attached hydrogens (tertiary/aromatic N) is 1. The van der Waals surface area contributed by atoms with Gasteiger partial charge in [-0.2, -0.15) is 0 Å². The summed E-state index contributed by atoms with van der Waals surface area (Å²) in [5, 5.41) is 2.12. The average Bonchev–Trinajstić information content (AvgIpc) is 3.43. The molecule has 1 aliphatic carbocycles. The summed E-state index contributed by atoms with van der Waals surface area (Å²) in [6.45, 7) is 7.30. The molecule has 0 atom stereocenters. The van der Waals surface area contributed by atoms with E-state index in [-0.39, 0.29) is 17.2 Å². The number of amides is 1. The first kappa shape index (κ1) is 18.9. The molecule has 3 heteroatoms. The van der Waals surface area contributed by atoms with Gasteiger partial charge in [0, 0.05) is 16.2 Å². The Kier molecular flexibility index (Phi) is 5.11. The molecule has 1 amide bonds. The molecule has 0 spiro atoms. The lowest BCUT2D eigenvalue weighted by Gasteiger charge is -2.23. The van der Waals surface area contributed by atoms with Crippen molar-refractivity contribution in [2.24, 2.45) is 5.92 Å². The Morgan fingerprint density at radius 3 is 2.32 bits per heavy atom. The number of hydrogen-bond acceptors (Lipinski definition) is 2. The van der Waals surface area contributed by atoms with Gasteiger partial charge in [-0.15, -0.1) is 11.3 Å². The van der Waals surface area contributed by atoms with Crippen LogP contribution in [0.25, 0.3) is 10.4 Å². The maximum absolute atomic E-state index is 13.0. The van der Waals surface area contributed by atoms with Crippen molar-refractivity contribution in [3.63, 3.8) is 0 Å². The highest BCUT2D eigenvalue weighted by Crippen LogP contribution is 2.37. The van der Waals surface area contributed by atoms with Crippen LogP contribution in [0, 0.1) is 5.92 Å². The number of benzene rings is 2. The number of rotatable bonds is 5. The van der Waals surface area contributed by atoms with Crippen LogP contribution in [0.15, 0.2) is 66.0 Å². The Bertz CT molecular complexity index is 946. The van der Waals surface area contributed by atoms with Crippen LogP contribution in [0.4, 0.5) is 5.69 Å². The monoisotopic (exact) mass is 389 g/mol. The maximum atomic E-state index is 13.0. The van der Waals surface area contributed by atoms with Crippen LogP contribution in [-0.2, 0) is 16.8 Å². The predicted molar refractivity (Wildman–Crippen MR) is 119 cm³/mol. The normalized spacial score (nSPS) is 14.1. The molecule has 3 aromatic rings. The number of anilines is 1. The SMILES string of the molecule is CC(C)(C)c1ccc(CN(C(=O)C2CC2)c2csc(-c3ccccc3)c2)cc1. The zero-order valence-electron chi connectivity index (χ0n) is 16.8. The van der Waals surface area contributed by atoms with Gasteiger partial charge in [-0.1, -0.05) is 75.4 Å². The van der Waals surface area contributed by atoms with E-state index >= 15 is 0 Å². The minimum atomic E-state index is 0.139. The Labute approximate surface area is 171 Å². The molecule has 0 radical (unpaired) electrons. The van der Waals surface area contributed by atoms with E-state index in [1.54, 1.807) is 11.3 Å². The third-order valence-electron chi connectivity index (χ3n) is 5.31. The van der Waals surface area contributed by atoms with Crippen LogP contribution in [0.3, 0.4) is 0 Å². The second-order valence-corrected chi connectivity index (χ2v) is 9.59. The van der Waals surface area contributed by atoms with E-state index in [2.05, 4.69) is 80.7 Å². The fourth-order valence-electron chi connectivity index (χ4n) is 3.36. The van der Waals surface area contributed by atoms with Crippen molar-refractivity contribution in [1.29, 1.82) is 0 Å². The smallest absolute Gasteiger partial charge is 0.230 e. The average molecular weight is 390 g/mol. The fraction of sp³-hybridized carbons (Fsp3) is 0.320. The minimum absolute atomic E-state index is 0.139. The third kappa shape index (κ3) is 4.20. The minimum Gasteiger partial charge on any atom is -0.307 e. The number of thiophene rings is 1. The van der Waals surface area contributed by atoms with Crippen molar-refractivity contribution in [2.45, 2.75) is 45.6 Å². The maximum Gasteiger partial charge on any atom is 0.230 e. The van der Waals surface area contributed by atoms with Gasteiger partial charge in [-0.3, -0.25) is 4.79 Å². The Morgan fingerprint density at radius 2 is 1.71 bits per heavy atom. The summed E-state index contributed by atoms with van der Waals surface area (Å²) in [7, 11) is 0. The highest BCUT2D eigenvalue weighted by Gasteiger charge is 2.34.